The number of fused-ring (bicyclic) bond motifs is 2. The lowest BCUT2D eigenvalue weighted by Crippen LogP contribution is -1.96. The van der Waals surface area contributed by atoms with Crippen LogP contribution in [0.15, 0.2) is 36.0 Å². The van der Waals surface area contributed by atoms with Crippen molar-refractivity contribution in [2.45, 2.75) is 0 Å². The maximum absolute atomic E-state index is 3.92. The van der Waals surface area contributed by atoms with Gasteiger partial charge in [-0.1, -0.05) is 30.4 Å². The van der Waals surface area contributed by atoms with Gasteiger partial charge in [0.15, 0.2) is 5.82 Å². The molecule has 1 aromatic heterocycles. The zero-order valence-corrected chi connectivity index (χ0v) is 7.41. The summed E-state index contributed by atoms with van der Waals surface area (Å²) in [5, 5.41) is 11.4. The van der Waals surface area contributed by atoms with E-state index in [0.29, 0.717) is 5.92 Å². The van der Waals surface area contributed by atoms with E-state index in [1.54, 1.807) is 4.68 Å². The van der Waals surface area contributed by atoms with Crippen LogP contribution >= 0.6 is 0 Å². The fourth-order valence-electron chi connectivity index (χ4n) is 1.62. The van der Waals surface area contributed by atoms with Gasteiger partial charge in [0, 0.05) is 12.1 Å². The van der Waals surface area contributed by atoms with E-state index in [-0.39, 0.29) is 0 Å². The zero-order valence-electron chi connectivity index (χ0n) is 7.41. The molecule has 0 spiro atoms. The highest BCUT2D eigenvalue weighted by atomic mass is 15.5. The highest BCUT2D eigenvalue weighted by Gasteiger charge is 2.13. The van der Waals surface area contributed by atoms with Crippen LogP contribution in [0.4, 0.5) is 0 Å². The van der Waals surface area contributed by atoms with Gasteiger partial charge in [-0.25, -0.2) is 4.68 Å². The number of nitrogens with zero attached hydrogens (tertiary/aromatic N) is 4. The van der Waals surface area contributed by atoms with Crippen molar-refractivity contribution in [3.05, 3.63) is 41.8 Å². The monoisotopic (exact) mass is 184 g/mol. The quantitative estimate of drug-likeness (QED) is 0.610. The summed E-state index contributed by atoms with van der Waals surface area (Å²) in [6.45, 7) is 0. The number of hydrogen-bond donors (Lipinski definition) is 0. The van der Waals surface area contributed by atoms with Crippen LogP contribution in [0.5, 0.6) is 0 Å². The third kappa shape index (κ3) is 1.04. The molecule has 1 aromatic rings. The Bertz CT molecular complexity index is 476. The van der Waals surface area contributed by atoms with Crippen LogP contribution in [0.1, 0.15) is 5.82 Å². The molecule has 1 atom stereocenters. The third-order valence-corrected chi connectivity index (χ3v) is 2.35. The number of aromatic nitrogens is 4. The maximum Gasteiger partial charge on any atom is 0.179 e. The normalized spacial score (nSPS) is 22.6. The average molecular weight is 184 g/mol. The van der Waals surface area contributed by atoms with E-state index >= 15 is 0 Å². The molecule has 0 aromatic carbocycles. The fraction of sp³-hybridized carbons (Fsp3) is 0.100. The lowest BCUT2D eigenvalue weighted by atomic mass is 9.94. The Kier molecular flexibility index (Phi) is 1.47. The van der Waals surface area contributed by atoms with Gasteiger partial charge in [-0.3, -0.25) is 0 Å². The molecule has 0 bridgehead atoms. The van der Waals surface area contributed by atoms with E-state index in [4.69, 9.17) is 0 Å². The predicted octanol–water partition coefficient (Wildman–Crippen LogP) is 1.28. The summed E-state index contributed by atoms with van der Waals surface area (Å²) in [5.74, 6) is 1.11. The molecule has 3 rings (SSSR count). The minimum atomic E-state index is 0.337. The molecular formula is C10H8N4. The number of hydrogen-bond acceptors (Lipinski definition) is 3. The molecule has 0 fully saturated rings. The first-order valence-corrected chi connectivity index (χ1v) is 4.46. The van der Waals surface area contributed by atoms with Crippen molar-refractivity contribution in [2.75, 3.05) is 0 Å². The van der Waals surface area contributed by atoms with Gasteiger partial charge in [-0.05, 0) is 22.1 Å². The summed E-state index contributed by atoms with van der Waals surface area (Å²) in [6.07, 6.45) is 14.3. The molecule has 68 valence electrons. The van der Waals surface area contributed by atoms with Crippen LogP contribution < -0.4 is 0 Å². The number of rotatable bonds is 0. The molecule has 14 heavy (non-hydrogen) atoms. The molecule has 0 amide bonds. The van der Waals surface area contributed by atoms with Crippen LogP contribution in [0.25, 0.3) is 12.3 Å². The summed E-state index contributed by atoms with van der Waals surface area (Å²) < 4.78 is 1.67. The fourth-order valence-corrected chi connectivity index (χ4v) is 1.62. The maximum atomic E-state index is 3.92. The summed E-state index contributed by atoms with van der Waals surface area (Å²) in [6, 6.07) is 0. The van der Waals surface area contributed by atoms with Gasteiger partial charge < -0.3 is 0 Å². The van der Waals surface area contributed by atoms with Gasteiger partial charge in [-0.2, -0.15) is 0 Å². The first kappa shape index (κ1) is 7.44. The van der Waals surface area contributed by atoms with Crippen molar-refractivity contribution in [1.82, 2.24) is 20.2 Å². The molecule has 4 nitrogen and oxygen atoms in total. The van der Waals surface area contributed by atoms with Gasteiger partial charge in [-0.15, -0.1) is 5.10 Å². The third-order valence-electron chi connectivity index (χ3n) is 2.35. The van der Waals surface area contributed by atoms with Gasteiger partial charge in [0.05, 0.1) is 0 Å². The van der Waals surface area contributed by atoms with Crippen molar-refractivity contribution in [1.29, 1.82) is 0 Å². The van der Waals surface area contributed by atoms with E-state index in [9.17, 15) is 0 Å². The molecule has 1 aliphatic carbocycles. The summed E-state index contributed by atoms with van der Waals surface area (Å²) in [7, 11) is 0. The second-order valence-electron chi connectivity index (χ2n) is 3.24. The first-order chi connectivity index (χ1) is 6.93. The minimum absolute atomic E-state index is 0.337. The topological polar surface area (TPSA) is 43.6 Å². The number of tetrazole rings is 1. The molecule has 2 aliphatic rings. The second-order valence-corrected chi connectivity index (χ2v) is 3.24. The molecule has 1 aliphatic heterocycles. The van der Waals surface area contributed by atoms with Crippen molar-refractivity contribution >= 4 is 12.3 Å². The van der Waals surface area contributed by atoms with Crippen molar-refractivity contribution in [2.24, 2.45) is 5.92 Å². The molecule has 4 heteroatoms. The lowest BCUT2D eigenvalue weighted by molar-refractivity contribution is 0.814. The Labute approximate surface area is 80.9 Å². The molecule has 0 N–H and O–H groups in total. The Balaban J connectivity index is 2.17. The Morgan fingerprint density at radius 1 is 1.21 bits per heavy atom. The van der Waals surface area contributed by atoms with E-state index < -0.39 is 0 Å². The Hall–Kier alpha value is -1.97. The average Bonchev–Trinajstić information content (AvgIpc) is 2.58. The summed E-state index contributed by atoms with van der Waals surface area (Å²) in [5.41, 5.74) is 1.22. The van der Waals surface area contributed by atoms with Crippen LogP contribution in [-0.4, -0.2) is 20.2 Å². The van der Waals surface area contributed by atoms with Crippen molar-refractivity contribution in [3.63, 3.8) is 0 Å². The molecular weight excluding hydrogens is 176 g/mol. The summed E-state index contributed by atoms with van der Waals surface area (Å²) in [4.78, 5) is 0. The van der Waals surface area contributed by atoms with Crippen LogP contribution in [-0.2, 0) is 0 Å². The number of allylic oxidation sites excluding steroid dienone is 6. The molecule has 0 radical (unpaired) electrons. The highest BCUT2D eigenvalue weighted by Crippen LogP contribution is 2.24. The van der Waals surface area contributed by atoms with Gasteiger partial charge in [0.1, 0.15) is 0 Å². The zero-order chi connectivity index (χ0) is 9.38. The van der Waals surface area contributed by atoms with E-state index in [1.165, 1.54) is 5.57 Å². The van der Waals surface area contributed by atoms with E-state index in [1.807, 2.05) is 24.4 Å². The Morgan fingerprint density at radius 3 is 3.21 bits per heavy atom. The van der Waals surface area contributed by atoms with Crippen molar-refractivity contribution < 1.29 is 0 Å². The second kappa shape index (κ2) is 2.77. The Morgan fingerprint density at radius 2 is 2.21 bits per heavy atom. The smallest absolute Gasteiger partial charge is 0.179 e. The molecule has 1 unspecified atom stereocenters. The standard InChI is InChI=1S/C10H8N4/c1-2-4-9-7-10-11-12-13-14(10)6-5-8(9)3-1/h1-8H. The molecule has 0 saturated heterocycles. The van der Waals surface area contributed by atoms with E-state index in [2.05, 4.69) is 33.8 Å². The summed E-state index contributed by atoms with van der Waals surface area (Å²) >= 11 is 0. The van der Waals surface area contributed by atoms with Gasteiger partial charge in [0.25, 0.3) is 0 Å². The van der Waals surface area contributed by atoms with Gasteiger partial charge in [0.2, 0.25) is 0 Å². The largest absolute Gasteiger partial charge is 0.201 e. The first-order valence-electron chi connectivity index (χ1n) is 4.46. The van der Waals surface area contributed by atoms with E-state index in [0.717, 1.165) is 5.82 Å². The van der Waals surface area contributed by atoms with Crippen molar-refractivity contribution in [3.8, 4) is 0 Å². The minimum Gasteiger partial charge on any atom is -0.201 e. The van der Waals surface area contributed by atoms with Crippen LogP contribution in [0.2, 0.25) is 0 Å². The van der Waals surface area contributed by atoms with Crippen LogP contribution in [0, 0.1) is 5.92 Å². The molecule has 2 heterocycles. The highest BCUT2D eigenvalue weighted by molar-refractivity contribution is 5.58. The van der Waals surface area contributed by atoms with Crippen LogP contribution in [0.3, 0.4) is 0 Å². The lowest BCUT2D eigenvalue weighted by Gasteiger charge is -2.09. The SMILES string of the molecule is C1=CC2=Cc3nnnn3C=CC2C=C1. The predicted molar refractivity (Wildman–Crippen MR) is 52.9 cm³/mol. The molecule has 0 saturated carbocycles. The van der Waals surface area contributed by atoms with Gasteiger partial charge >= 0.3 is 0 Å².